The first-order chi connectivity index (χ1) is 16.5. The summed E-state index contributed by atoms with van der Waals surface area (Å²) in [5.74, 6) is 0.191. The molecule has 184 valence electrons. The molecule has 4 heterocycles. The maximum Gasteiger partial charge on any atom is 0.419 e. The van der Waals surface area contributed by atoms with Crippen LogP contribution in [0.15, 0.2) is 36.8 Å². The lowest BCUT2D eigenvalue weighted by molar-refractivity contribution is -0.137. The largest absolute Gasteiger partial charge is 0.419 e. The van der Waals surface area contributed by atoms with Crippen molar-refractivity contribution in [3.63, 3.8) is 0 Å². The zero-order valence-electron chi connectivity index (χ0n) is 20.1. The van der Waals surface area contributed by atoms with Gasteiger partial charge in [-0.2, -0.15) is 13.2 Å². The van der Waals surface area contributed by atoms with Gasteiger partial charge in [0, 0.05) is 53.0 Å². The van der Waals surface area contributed by atoms with Crippen LogP contribution in [0.5, 0.6) is 0 Å². The Balaban J connectivity index is 1.64. The van der Waals surface area contributed by atoms with Crippen molar-refractivity contribution in [1.82, 2.24) is 25.3 Å². The quantitative estimate of drug-likeness (QED) is 0.323. The number of aromatic amines is 1. The Kier molecular flexibility index (Phi) is 5.96. The fourth-order valence-corrected chi connectivity index (χ4v) is 5.94. The number of piperidine rings is 1. The van der Waals surface area contributed by atoms with E-state index in [0.29, 0.717) is 23.0 Å². The number of rotatable bonds is 4. The van der Waals surface area contributed by atoms with Crippen molar-refractivity contribution in [3.05, 3.63) is 42.4 Å². The highest BCUT2D eigenvalue weighted by Crippen LogP contribution is 2.41. The van der Waals surface area contributed by atoms with Gasteiger partial charge in [-0.1, -0.05) is 14.0 Å². The number of nitrogens with zero attached hydrogens (tertiary/aromatic N) is 3. The summed E-state index contributed by atoms with van der Waals surface area (Å²) in [6, 6.07) is 5.78. The number of aromatic nitrogens is 4. The third kappa shape index (κ3) is 4.59. The molecule has 0 radical (unpaired) electrons. The Morgan fingerprint density at radius 3 is 2.66 bits per heavy atom. The van der Waals surface area contributed by atoms with Crippen LogP contribution < -0.4 is 15.9 Å². The van der Waals surface area contributed by atoms with Crippen LogP contribution in [0.4, 0.5) is 19.1 Å². The minimum absolute atomic E-state index is 0.0389. The molecule has 0 saturated carbocycles. The van der Waals surface area contributed by atoms with Gasteiger partial charge >= 0.3 is 6.18 Å². The molecule has 1 aliphatic heterocycles. The summed E-state index contributed by atoms with van der Waals surface area (Å²) in [6.07, 6.45) is 1.47. The first kappa shape index (κ1) is 23.9. The maximum atomic E-state index is 14.0. The number of fused-ring (bicyclic) bond motifs is 2. The van der Waals surface area contributed by atoms with Crippen LogP contribution in [-0.4, -0.2) is 51.4 Å². The van der Waals surface area contributed by atoms with Crippen molar-refractivity contribution < 1.29 is 13.2 Å². The SMILES string of the molecule is CP(C)c1c2ncc(-c3nc(NC4CCC(C)(C)NC4)ncc3C(F)(F)F)c2cc2ccc[nH]c12. The number of hydrogen-bond donors (Lipinski definition) is 3. The third-order valence-corrected chi connectivity index (χ3v) is 7.92. The Morgan fingerprint density at radius 1 is 1.17 bits per heavy atom. The summed E-state index contributed by atoms with van der Waals surface area (Å²) in [5, 5.41) is 9.32. The predicted molar refractivity (Wildman–Crippen MR) is 137 cm³/mol. The van der Waals surface area contributed by atoms with Gasteiger partial charge in [0.15, 0.2) is 0 Å². The smallest absolute Gasteiger partial charge is 0.361 e. The predicted octanol–water partition coefficient (Wildman–Crippen LogP) is 5.50. The van der Waals surface area contributed by atoms with E-state index in [9.17, 15) is 13.2 Å². The molecule has 5 rings (SSSR count). The van der Waals surface area contributed by atoms with Gasteiger partial charge in [0.2, 0.25) is 5.95 Å². The second-order valence-electron chi connectivity index (χ2n) is 9.92. The van der Waals surface area contributed by atoms with E-state index in [4.69, 9.17) is 0 Å². The molecule has 0 spiro atoms. The van der Waals surface area contributed by atoms with Crippen molar-refractivity contribution >= 4 is 41.0 Å². The van der Waals surface area contributed by atoms with E-state index in [1.54, 1.807) is 0 Å². The van der Waals surface area contributed by atoms with Crippen LogP contribution in [0.2, 0.25) is 0 Å². The lowest BCUT2D eigenvalue weighted by atomic mass is 9.91. The van der Waals surface area contributed by atoms with Crippen molar-refractivity contribution in [2.45, 2.75) is 44.4 Å². The summed E-state index contributed by atoms with van der Waals surface area (Å²) >= 11 is 0. The van der Waals surface area contributed by atoms with E-state index in [-0.39, 0.29) is 23.2 Å². The fraction of sp³-hybridized carbons (Fsp3) is 0.400. The highest BCUT2D eigenvalue weighted by atomic mass is 31.1. The third-order valence-electron chi connectivity index (χ3n) is 6.59. The molecule has 10 heteroatoms. The molecule has 1 aromatic carbocycles. The van der Waals surface area contributed by atoms with Crippen LogP contribution in [0, 0.1) is 0 Å². The molecular weight excluding hydrogens is 472 g/mol. The van der Waals surface area contributed by atoms with Crippen LogP contribution >= 0.6 is 7.92 Å². The fourth-order valence-electron chi connectivity index (χ4n) is 4.70. The van der Waals surface area contributed by atoms with E-state index >= 15 is 0 Å². The molecule has 1 fully saturated rings. The minimum atomic E-state index is -4.59. The van der Waals surface area contributed by atoms with Gasteiger partial charge < -0.3 is 15.6 Å². The summed E-state index contributed by atoms with van der Waals surface area (Å²) in [6.45, 7) is 9.20. The van der Waals surface area contributed by atoms with Gasteiger partial charge in [-0.25, -0.2) is 9.97 Å². The summed E-state index contributed by atoms with van der Waals surface area (Å²) in [5.41, 5.74) is 1.07. The maximum absolute atomic E-state index is 14.0. The van der Waals surface area contributed by atoms with Crippen LogP contribution in [0.3, 0.4) is 0 Å². The molecule has 3 aromatic heterocycles. The molecule has 4 aromatic rings. The molecule has 1 saturated heterocycles. The van der Waals surface area contributed by atoms with Gasteiger partial charge in [-0.05, 0) is 57.5 Å². The highest BCUT2D eigenvalue weighted by molar-refractivity contribution is 7.65. The summed E-state index contributed by atoms with van der Waals surface area (Å²) in [4.78, 5) is 16.3. The van der Waals surface area contributed by atoms with Gasteiger partial charge in [0.1, 0.15) is 5.56 Å². The molecule has 1 atom stereocenters. The van der Waals surface area contributed by atoms with Crippen molar-refractivity contribution in [3.8, 4) is 11.3 Å². The first-order valence-electron chi connectivity index (χ1n) is 11.6. The lowest BCUT2D eigenvalue weighted by Gasteiger charge is -2.36. The standard InChI is InChI=1S/C25H28F3N6P/c1-24(2)8-7-15(11-32-24)33-23-31-13-18(25(26,27)28)20(34-23)17-12-30-21-16(17)10-14-6-5-9-29-19(14)22(21)35(3)4/h5-6,9-10,12-13,15,29,32H,7-8,11H2,1-4H3,(H,31,33,34). The van der Waals surface area contributed by atoms with Crippen molar-refractivity contribution in [2.75, 3.05) is 25.2 Å². The lowest BCUT2D eigenvalue weighted by Crippen LogP contribution is -2.50. The zero-order chi connectivity index (χ0) is 25.0. The van der Waals surface area contributed by atoms with Gasteiger partial charge in [-0.3, -0.25) is 4.98 Å². The van der Waals surface area contributed by atoms with E-state index < -0.39 is 19.7 Å². The average Bonchev–Trinajstić information content (AvgIpc) is 3.21. The van der Waals surface area contributed by atoms with E-state index in [1.807, 2.05) is 24.4 Å². The summed E-state index contributed by atoms with van der Waals surface area (Å²) in [7, 11) is -0.575. The Bertz CT molecular complexity index is 1390. The topological polar surface area (TPSA) is 78.5 Å². The van der Waals surface area contributed by atoms with Gasteiger partial charge in [0.25, 0.3) is 0 Å². The van der Waals surface area contributed by atoms with Crippen molar-refractivity contribution in [2.24, 2.45) is 0 Å². The number of nitrogens with one attached hydrogen (secondary N) is 3. The molecule has 0 bridgehead atoms. The molecule has 1 aliphatic rings. The molecule has 3 N–H and O–H groups in total. The molecule has 0 aliphatic carbocycles. The van der Waals surface area contributed by atoms with Gasteiger partial charge in [0.05, 0.1) is 16.7 Å². The summed E-state index contributed by atoms with van der Waals surface area (Å²) < 4.78 is 42.1. The van der Waals surface area contributed by atoms with Crippen LogP contribution in [0.25, 0.3) is 33.1 Å². The monoisotopic (exact) mass is 500 g/mol. The number of pyridine rings is 1. The minimum Gasteiger partial charge on any atom is -0.361 e. The van der Waals surface area contributed by atoms with Crippen molar-refractivity contribution in [1.29, 1.82) is 0 Å². The molecule has 1 unspecified atom stereocenters. The van der Waals surface area contributed by atoms with E-state index in [0.717, 1.165) is 35.2 Å². The normalized spacial score (nSPS) is 18.5. The Morgan fingerprint density at radius 2 is 1.97 bits per heavy atom. The highest BCUT2D eigenvalue weighted by Gasteiger charge is 2.37. The van der Waals surface area contributed by atoms with E-state index in [2.05, 4.69) is 57.7 Å². The average molecular weight is 501 g/mol. The molecule has 0 amide bonds. The number of H-pyrrole nitrogens is 1. The van der Waals surface area contributed by atoms with Crippen LogP contribution in [-0.2, 0) is 6.18 Å². The number of anilines is 1. The van der Waals surface area contributed by atoms with Crippen LogP contribution in [0.1, 0.15) is 32.3 Å². The van der Waals surface area contributed by atoms with E-state index in [1.165, 1.54) is 6.20 Å². The molecular formula is C25H28F3N6P. The van der Waals surface area contributed by atoms with Gasteiger partial charge in [-0.15, -0.1) is 0 Å². The number of alkyl halides is 3. The first-order valence-corrected chi connectivity index (χ1v) is 13.8. The zero-order valence-corrected chi connectivity index (χ0v) is 21.0. The Labute approximate surface area is 202 Å². The number of halogens is 3. The second-order valence-corrected chi connectivity index (χ2v) is 12.2. The molecule has 6 nitrogen and oxygen atoms in total. The number of hydrogen-bond acceptors (Lipinski definition) is 5. The molecule has 35 heavy (non-hydrogen) atoms. The Hall–Kier alpha value is -2.77. The second kappa shape index (κ2) is 8.71. The number of benzene rings is 1.